The second-order valence-corrected chi connectivity index (χ2v) is 9.45. The zero-order valence-corrected chi connectivity index (χ0v) is 18.3. The molecular formula is C21H21FIN3O3. The van der Waals surface area contributed by atoms with Crippen LogP contribution in [-0.2, 0) is 13.0 Å². The van der Waals surface area contributed by atoms with E-state index in [2.05, 4.69) is 44.6 Å². The number of nitrogens with zero attached hydrogens (tertiary/aromatic N) is 2. The first-order valence-corrected chi connectivity index (χ1v) is 10.6. The quantitative estimate of drug-likeness (QED) is 0.279. The van der Waals surface area contributed by atoms with E-state index in [1.807, 2.05) is 0 Å². The summed E-state index contributed by atoms with van der Waals surface area (Å²) < 4.78 is 20.1. The van der Waals surface area contributed by atoms with Gasteiger partial charge in [-0.3, -0.25) is 4.90 Å². The zero-order chi connectivity index (χ0) is 20.7. The summed E-state index contributed by atoms with van der Waals surface area (Å²) in [6, 6.07) is 6.20. The van der Waals surface area contributed by atoms with Crippen molar-refractivity contribution in [3.05, 3.63) is 46.1 Å². The molecule has 1 unspecified atom stereocenters. The van der Waals surface area contributed by atoms with Gasteiger partial charge in [0.15, 0.2) is 5.69 Å². The molecule has 1 aromatic heterocycles. The SMILES string of the molecule is COc1ccc(F)cc1-c1cc2c(N=O)c(O)[nH]c2c2c1CCN(CC(C)I)C2. The molecule has 2 aromatic carbocycles. The number of hydrogen-bond acceptors (Lipinski definition) is 5. The van der Waals surface area contributed by atoms with Crippen molar-refractivity contribution in [3.63, 3.8) is 0 Å². The Morgan fingerprint density at radius 3 is 2.83 bits per heavy atom. The van der Waals surface area contributed by atoms with Crippen molar-refractivity contribution >= 4 is 39.2 Å². The Morgan fingerprint density at radius 1 is 1.34 bits per heavy atom. The summed E-state index contributed by atoms with van der Waals surface area (Å²) >= 11 is 2.40. The molecule has 8 heteroatoms. The van der Waals surface area contributed by atoms with Gasteiger partial charge in [0.05, 0.1) is 12.6 Å². The molecule has 0 saturated heterocycles. The van der Waals surface area contributed by atoms with Gasteiger partial charge in [0.25, 0.3) is 0 Å². The molecule has 0 saturated carbocycles. The van der Waals surface area contributed by atoms with Crippen LogP contribution in [-0.4, -0.2) is 39.1 Å². The summed E-state index contributed by atoms with van der Waals surface area (Å²) in [6.45, 7) is 4.64. The number of aromatic hydroxyl groups is 1. The maximum absolute atomic E-state index is 14.1. The number of alkyl halides is 1. The molecule has 1 aliphatic rings. The van der Waals surface area contributed by atoms with Crippen LogP contribution in [0.5, 0.6) is 11.6 Å². The average Bonchev–Trinajstić information content (AvgIpc) is 3.02. The molecule has 3 aromatic rings. The Bertz CT molecular complexity index is 1100. The summed E-state index contributed by atoms with van der Waals surface area (Å²) in [6.07, 6.45) is 0.771. The number of hydrogen-bond donors (Lipinski definition) is 2. The van der Waals surface area contributed by atoms with Crippen molar-refractivity contribution in [1.29, 1.82) is 0 Å². The van der Waals surface area contributed by atoms with Crippen molar-refractivity contribution in [1.82, 2.24) is 9.88 Å². The van der Waals surface area contributed by atoms with E-state index in [1.54, 1.807) is 19.2 Å². The zero-order valence-electron chi connectivity index (χ0n) is 16.1. The molecule has 6 nitrogen and oxygen atoms in total. The number of halogens is 2. The number of nitroso groups, excluding NO2 is 1. The van der Waals surface area contributed by atoms with E-state index in [4.69, 9.17) is 4.74 Å². The van der Waals surface area contributed by atoms with Gasteiger partial charge < -0.3 is 14.8 Å². The van der Waals surface area contributed by atoms with E-state index in [0.717, 1.165) is 36.2 Å². The van der Waals surface area contributed by atoms with Gasteiger partial charge in [-0.25, -0.2) is 4.39 Å². The average molecular weight is 509 g/mol. The number of methoxy groups -OCH3 is 1. The fourth-order valence-corrected chi connectivity index (χ4v) is 4.74. The Morgan fingerprint density at radius 2 is 2.14 bits per heavy atom. The van der Waals surface area contributed by atoms with Crippen LogP contribution in [0.3, 0.4) is 0 Å². The van der Waals surface area contributed by atoms with Crippen molar-refractivity contribution in [2.24, 2.45) is 5.18 Å². The third kappa shape index (κ3) is 3.59. The van der Waals surface area contributed by atoms with Crippen molar-refractivity contribution in [2.75, 3.05) is 20.2 Å². The number of fused-ring (bicyclic) bond motifs is 3. The van der Waals surface area contributed by atoms with Gasteiger partial charge in [0.2, 0.25) is 5.88 Å². The predicted octanol–water partition coefficient (Wildman–Crippen LogP) is 5.27. The van der Waals surface area contributed by atoms with E-state index in [1.165, 1.54) is 12.1 Å². The van der Waals surface area contributed by atoms with E-state index in [-0.39, 0.29) is 17.4 Å². The third-order valence-corrected chi connectivity index (χ3v) is 5.78. The van der Waals surface area contributed by atoms with E-state index in [0.29, 0.717) is 32.7 Å². The first-order valence-electron chi connectivity index (χ1n) is 9.36. The first kappa shape index (κ1) is 20.1. The standard InChI is InChI=1S/C21H21FIN3O3/c1-11(23)9-26-6-5-13-14(15-7-12(22)3-4-18(15)29-2)8-16-19(17(13)10-26)24-21(27)20(16)25-28/h3-4,7-8,11,24,27H,5-6,9-10H2,1-2H3. The number of H-pyrrole nitrogens is 1. The molecule has 0 aliphatic carbocycles. The van der Waals surface area contributed by atoms with Crippen LogP contribution in [0.15, 0.2) is 29.4 Å². The van der Waals surface area contributed by atoms with Crippen LogP contribution >= 0.6 is 22.6 Å². The minimum atomic E-state index is -0.364. The molecule has 0 bridgehead atoms. The molecule has 4 rings (SSSR count). The minimum absolute atomic E-state index is 0.0289. The molecular weight excluding hydrogens is 488 g/mol. The molecule has 29 heavy (non-hydrogen) atoms. The predicted molar refractivity (Wildman–Crippen MR) is 120 cm³/mol. The van der Waals surface area contributed by atoms with E-state index in [9.17, 15) is 14.4 Å². The lowest BCUT2D eigenvalue weighted by Crippen LogP contribution is -2.34. The summed E-state index contributed by atoms with van der Waals surface area (Å²) in [5.41, 5.74) is 4.17. The molecule has 1 aliphatic heterocycles. The molecule has 2 N–H and O–H groups in total. The lowest BCUT2D eigenvalue weighted by molar-refractivity contribution is 0.261. The van der Waals surface area contributed by atoms with Gasteiger partial charge in [0.1, 0.15) is 11.6 Å². The number of benzene rings is 2. The number of rotatable bonds is 5. The van der Waals surface area contributed by atoms with E-state index < -0.39 is 0 Å². The van der Waals surface area contributed by atoms with Gasteiger partial charge in [-0.2, -0.15) is 0 Å². The molecule has 0 fully saturated rings. The Labute approximate surface area is 181 Å². The van der Waals surface area contributed by atoms with Gasteiger partial charge in [-0.1, -0.05) is 29.5 Å². The molecule has 1 atom stereocenters. The molecule has 0 spiro atoms. The number of nitrogens with one attached hydrogen (secondary N) is 1. The van der Waals surface area contributed by atoms with Crippen LogP contribution < -0.4 is 4.74 Å². The maximum Gasteiger partial charge on any atom is 0.219 e. The van der Waals surface area contributed by atoms with Gasteiger partial charge in [-0.05, 0) is 52.6 Å². The number of ether oxygens (including phenoxy) is 1. The second kappa shape index (κ2) is 7.91. The monoisotopic (exact) mass is 509 g/mol. The van der Waals surface area contributed by atoms with Crippen LogP contribution in [0.25, 0.3) is 22.0 Å². The molecule has 0 radical (unpaired) electrons. The smallest absolute Gasteiger partial charge is 0.219 e. The Kier molecular flexibility index (Phi) is 5.48. The van der Waals surface area contributed by atoms with Crippen LogP contribution in [0.4, 0.5) is 10.1 Å². The van der Waals surface area contributed by atoms with Crippen molar-refractivity contribution in [2.45, 2.75) is 23.8 Å². The first-order chi connectivity index (χ1) is 13.9. The van der Waals surface area contributed by atoms with Crippen molar-refractivity contribution < 1.29 is 14.2 Å². The highest BCUT2D eigenvalue weighted by Crippen LogP contribution is 2.44. The fourth-order valence-electron chi connectivity index (χ4n) is 4.18. The highest BCUT2D eigenvalue weighted by Gasteiger charge is 2.27. The van der Waals surface area contributed by atoms with Gasteiger partial charge >= 0.3 is 0 Å². The molecule has 0 amide bonds. The fraction of sp³-hybridized carbons (Fsp3) is 0.333. The normalized spacial score (nSPS) is 15.3. The topological polar surface area (TPSA) is 77.9 Å². The number of aromatic amines is 1. The lowest BCUT2D eigenvalue weighted by atomic mass is 9.88. The minimum Gasteiger partial charge on any atom is -0.496 e. The lowest BCUT2D eigenvalue weighted by Gasteiger charge is -2.31. The molecule has 2 heterocycles. The van der Waals surface area contributed by atoms with E-state index >= 15 is 0 Å². The highest BCUT2D eigenvalue weighted by atomic mass is 127. The van der Waals surface area contributed by atoms with Gasteiger partial charge in [0, 0.05) is 34.5 Å². The summed E-state index contributed by atoms with van der Waals surface area (Å²) in [4.78, 5) is 16.7. The summed E-state index contributed by atoms with van der Waals surface area (Å²) in [5, 5.41) is 13.8. The van der Waals surface area contributed by atoms with Crippen molar-refractivity contribution in [3.8, 4) is 22.8 Å². The highest BCUT2D eigenvalue weighted by molar-refractivity contribution is 14.1. The summed E-state index contributed by atoms with van der Waals surface area (Å²) in [7, 11) is 1.55. The third-order valence-electron chi connectivity index (χ3n) is 5.38. The maximum atomic E-state index is 14.1. The molecule has 152 valence electrons. The second-order valence-electron chi connectivity index (χ2n) is 7.33. The van der Waals surface area contributed by atoms with Crippen LogP contribution in [0.2, 0.25) is 0 Å². The summed E-state index contributed by atoms with van der Waals surface area (Å²) in [5.74, 6) is -0.0620. The van der Waals surface area contributed by atoms with Crippen LogP contribution in [0.1, 0.15) is 18.1 Å². The number of aromatic nitrogens is 1. The Balaban J connectivity index is 1.99. The van der Waals surface area contributed by atoms with Crippen LogP contribution in [0, 0.1) is 10.7 Å². The Hall–Kier alpha value is -2.20. The largest absolute Gasteiger partial charge is 0.496 e. The van der Waals surface area contributed by atoms with Gasteiger partial charge in [-0.15, -0.1) is 4.91 Å².